The van der Waals surface area contributed by atoms with Crippen LogP contribution in [-0.4, -0.2) is 37.7 Å². The Labute approximate surface area is 169 Å². The van der Waals surface area contributed by atoms with Crippen molar-refractivity contribution in [1.82, 2.24) is 0 Å². The quantitative estimate of drug-likeness (QED) is 0.748. The zero-order valence-corrected chi connectivity index (χ0v) is 16.5. The number of carbonyl (C=O) groups excluding carboxylic acids is 2. The predicted octanol–water partition coefficient (Wildman–Crippen LogP) is 3.00. The van der Waals surface area contributed by atoms with E-state index >= 15 is 0 Å². The van der Waals surface area contributed by atoms with Crippen LogP contribution in [0.25, 0.3) is 0 Å². The molecule has 0 saturated carbocycles. The highest BCUT2D eigenvalue weighted by Crippen LogP contribution is 2.43. The van der Waals surface area contributed by atoms with Crippen LogP contribution < -0.4 is 14.5 Å². The van der Waals surface area contributed by atoms with Gasteiger partial charge in [0.1, 0.15) is 5.75 Å². The minimum absolute atomic E-state index is 0.127. The van der Waals surface area contributed by atoms with Crippen molar-refractivity contribution in [3.63, 3.8) is 0 Å². The summed E-state index contributed by atoms with van der Waals surface area (Å²) >= 11 is 0. The first kappa shape index (κ1) is 18.8. The van der Waals surface area contributed by atoms with Gasteiger partial charge in [-0.3, -0.25) is 14.5 Å². The van der Waals surface area contributed by atoms with Crippen molar-refractivity contribution >= 4 is 28.9 Å². The van der Waals surface area contributed by atoms with Gasteiger partial charge in [0, 0.05) is 24.8 Å². The zero-order chi connectivity index (χ0) is 20.8. The molecule has 1 saturated heterocycles. The number of rotatable bonds is 3. The average molecular weight is 391 g/mol. The van der Waals surface area contributed by atoms with Crippen LogP contribution in [0.5, 0.6) is 5.75 Å². The Kier molecular flexibility index (Phi) is 4.42. The third-order valence-corrected chi connectivity index (χ3v) is 5.28. The van der Waals surface area contributed by atoms with E-state index in [1.54, 1.807) is 36.9 Å². The Morgan fingerprint density at radius 1 is 1.21 bits per heavy atom. The molecule has 7 nitrogen and oxygen atoms in total. The third-order valence-electron chi connectivity index (χ3n) is 5.28. The van der Waals surface area contributed by atoms with Gasteiger partial charge in [-0.2, -0.15) is 5.26 Å². The maximum atomic E-state index is 13.2. The second-order valence-corrected chi connectivity index (χ2v) is 7.69. The highest BCUT2D eigenvalue weighted by Gasteiger charge is 2.42. The van der Waals surface area contributed by atoms with Crippen molar-refractivity contribution in [1.29, 1.82) is 5.26 Å². The molecule has 0 spiro atoms. The fourth-order valence-electron chi connectivity index (χ4n) is 3.64. The van der Waals surface area contributed by atoms with E-state index < -0.39 is 5.60 Å². The fourth-order valence-corrected chi connectivity index (χ4v) is 3.64. The maximum Gasteiger partial charge on any atom is 0.312 e. The van der Waals surface area contributed by atoms with Crippen LogP contribution in [-0.2, 0) is 14.3 Å². The maximum absolute atomic E-state index is 13.2. The smallest absolute Gasteiger partial charge is 0.312 e. The first-order chi connectivity index (χ1) is 13.8. The monoisotopic (exact) mass is 391 g/mol. The van der Waals surface area contributed by atoms with Gasteiger partial charge >= 0.3 is 5.97 Å². The van der Waals surface area contributed by atoms with Crippen molar-refractivity contribution in [2.24, 2.45) is 5.92 Å². The van der Waals surface area contributed by atoms with Crippen LogP contribution in [0.1, 0.15) is 19.4 Å². The molecule has 4 rings (SSSR count). The molecule has 0 unspecified atom stereocenters. The van der Waals surface area contributed by atoms with Gasteiger partial charge in [-0.05, 0) is 44.2 Å². The molecule has 1 fully saturated rings. The number of ether oxygens (including phenoxy) is 2. The Morgan fingerprint density at radius 3 is 2.62 bits per heavy atom. The number of nitrogens with zero attached hydrogens (tertiary/aromatic N) is 3. The van der Waals surface area contributed by atoms with Crippen LogP contribution in [0.2, 0.25) is 0 Å². The lowest BCUT2D eigenvalue weighted by atomic mass is 9.98. The molecule has 0 radical (unpaired) electrons. The summed E-state index contributed by atoms with van der Waals surface area (Å²) in [6, 6.07) is 14.8. The van der Waals surface area contributed by atoms with E-state index in [-0.39, 0.29) is 17.8 Å². The molecule has 0 atom stereocenters. The van der Waals surface area contributed by atoms with E-state index in [0.29, 0.717) is 35.8 Å². The van der Waals surface area contributed by atoms with Crippen LogP contribution in [0.3, 0.4) is 0 Å². The molecule has 0 N–H and O–H groups in total. The van der Waals surface area contributed by atoms with E-state index in [1.165, 1.54) is 7.11 Å². The second kappa shape index (κ2) is 6.82. The number of carbonyl (C=O) groups is 2. The highest BCUT2D eigenvalue weighted by molar-refractivity contribution is 6.08. The van der Waals surface area contributed by atoms with Gasteiger partial charge in [0.05, 0.1) is 36.0 Å². The number of methoxy groups -OCH3 is 1. The number of anilines is 3. The molecule has 1 amide bonds. The van der Waals surface area contributed by atoms with Crippen molar-refractivity contribution in [2.45, 2.75) is 19.4 Å². The van der Waals surface area contributed by atoms with Gasteiger partial charge in [0.25, 0.3) is 5.91 Å². The van der Waals surface area contributed by atoms with Crippen LogP contribution in [0.15, 0.2) is 42.5 Å². The summed E-state index contributed by atoms with van der Waals surface area (Å²) in [5.41, 5.74) is 1.63. The van der Waals surface area contributed by atoms with Crippen molar-refractivity contribution in [3.8, 4) is 11.8 Å². The molecule has 2 aliphatic heterocycles. The number of fused-ring (bicyclic) bond motifs is 1. The lowest BCUT2D eigenvalue weighted by Gasteiger charge is -2.41. The molecule has 2 aromatic carbocycles. The number of amides is 1. The Morgan fingerprint density at radius 2 is 1.93 bits per heavy atom. The lowest BCUT2D eigenvalue weighted by Crippen LogP contribution is -2.51. The molecule has 2 aromatic rings. The summed E-state index contributed by atoms with van der Waals surface area (Å²) in [7, 11) is 1.40. The zero-order valence-electron chi connectivity index (χ0n) is 16.5. The molecule has 0 bridgehead atoms. The van der Waals surface area contributed by atoms with E-state index in [2.05, 4.69) is 11.0 Å². The van der Waals surface area contributed by atoms with Crippen LogP contribution in [0, 0.1) is 17.2 Å². The first-order valence-corrected chi connectivity index (χ1v) is 9.34. The summed E-state index contributed by atoms with van der Waals surface area (Å²) in [6.07, 6.45) is 0. The van der Waals surface area contributed by atoms with Crippen LogP contribution >= 0.6 is 0 Å². The largest absolute Gasteiger partial charge is 0.476 e. The molecule has 7 heteroatoms. The lowest BCUT2D eigenvalue weighted by molar-refractivity contribution is -0.146. The standard InChI is InChI=1S/C22H21N3O4/c1-22(2)21(27)25(18-8-7-14(11-23)9-19(18)29-22)17-6-4-5-16(10-17)24-12-15(13-24)20(26)28-3/h4-10,15H,12-13H2,1-3H3. The van der Waals surface area contributed by atoms with Crippen LogP contribution in [0.4, 0.5) is 17.1 Å². The molecule has 2 heterocycles. The third kappa shape index (κ3) is 3.17. The van der Waals surface area contributed by atoms with E-state index in [1.807, 2.05) is 24.3 Å². The molecule has 29 heavy (non-hydrogen) atoms. The van der Waals surface area contributed by atoms with E-state index in [4.69, 9.17) is 9.47 Å². The minimum atomic E-state index is -1.07. The van der Waals surface area contributed by atoms with Gasteiger partial charge in [-0.1, -0.05) is 6.07 Å². The minimum Gasteiger partial charge on any atom is -0.476 e. The van der Waals surface area contributed by atoms with Gasteiger partial charge < -0.3 is 14.4 Å². The molecule has 0 aliphatic carbocycles. The van der Waals surface area contributed by atoms with Crippen molar-refractivity contribution < 1.29 is 19.1 Å². The number of benzene rings is 2. The topological polar surface area (TPSA) is 82.9 Å². The summed E-state index contributed by atoms with van der Waals surface area (Å²) in [5, 5.41) is 9.19. The number of esters is 1. The fraction of sp³-hybridized carbons (Fsp3) is 0.318. The van der Waals surface area contributed by atoms with Crippen molar-refractivity contribution in [2.75, 3.05) is 30.0 Å². The van der Waals surface area contributed by atoms with Gasteiger partial charge in [-0.25, -0.2) is 0 Å². The molecule has 0 aromatic heterocycles. The molecule has 148 valence electrons. The summed E-state index contributed by atoms with van der Waals surface area (Å²) in [6.45, 7) is 4.59. The summed E-state index contributed by atoms with van der Waals surface area (Å²) in [5.74, 6) is -0.0286. The number of hydrogen-bond acceptors (Lipinski definition) is 6. The van der Waals surface area contributed by atoms with Gasteiger partial charge in [-0.15, -0.1) is 0 Å². The van der Waals surface area contributed by atoms with Gasteiger partial charge in [0.2, 0.25) is 0 Å². The first-order valence-electron chi connectivity index (χ1n) is 9.34. The summed E-state index contributed by atoms with van der Waals surface area (Å²) in [4.78, 5) is 28.5. The molecular weight excluding hydrogens is 370 g/mol. The van der Waals surface area contributed by atoms with Gasteiger partial charge in [0.15, 0.2) is 5.60 Å². The van der Waals surface area contributed by atoms with Crippen molar-refractivity contribution in [3.05, 3.63) is 48.0 Å². The Bertz CT molecular complexity index is 1030. The summed E-state index contributed by atoms with van der Waals surface area (Å²) < 4.78 is 10.7. The predicted molar refractivity (Wildman–Crippen MR) is 107 cm³/mol. The van der Waals surface area contributed by atoms with E-state index in [9.17, 15) is 14.9 Å². The number of nitriles is 1. The van der Waals surface area contributed by atoms with E-state index in [0.717, 1.165) is 5.69 Å². The highest BCUT2D eigenvalue weighted by atomic mass is 16.5. The SMILES string of the molecule is COC(=O)C1CN(c2cccc(N3C(=O)C(C)(C)Oc4cc(C#N)ccc43)c2)C1. The number of hydrogen-bond donors (Lipinski definition) is 0. The Hall–Kier alpha value is -3.53. The average Bonchev–Trinajstić information content (AvgIpc) is 2.67. The molecule has 2 aliphatic rings. The molecular formula is C22H21N3O4. The normalized spacial score (nSPS) is 17.7. The Balaban J connectivity index is 1.69. The second-order valence-electron chi connectivity index (χ2n) is 7.69.